The van der Waals surface area contributed by atoms with Gasteiger partial charge in [0.1, 0.15) is 5.75 Å². The highest BCUT2D eigenvalue weighted by Crippen LogP contribution is 2.44. The molecule has 0 bridgehead atoms. The fourth-order valence-electron chi connectivity index (χ4n) is 2.13. The van der Waals surface area contributed by atoms with Crippen LogP contribution in [0.1, 0.15) is 0 Å². The Labute approximate surface area is 151 Å². The zero-order valence-corrected chi connectivity index (χ0v) is 15.4. The molecule has 3 aromatic carbocycles. The Morgan fingerprint density at radius 3 is 1.23 bits per heavy atom. The molecule has 0 aromatic heterocycles. The van der Waals surface area contributed by atoms with E-state index in [9.17, 15) is 4.57 Å². The Bertz CT molecular complexity index is 843. The summed E-state index contributed by atoms with van der Waals surface area (Å²) in [5.74, 6) is 0.605. The first kappa shape index (κ1) is 20.1. The summed E-state index contributed by atoms with van der Waals surface area (Å²) >= 11 is 0. The molecule has 0 aliphatic heterocycles. The summed E-state index contributed by atoms with van der Waals surface area (Å²) in [4.78, 5) is 21.6. The van der Waals surface area contributed by atoms with Crippen LogP contribution >= 0.6 is 15.2 Å². The smallest absolute Gasteiger partial charge is 0.437 e. The van der Waals surface area contributed by atoms with E-state index in [0.29, 0.717) is 16.4 Å². The van der Waals surface area contributed by atoms with E-state index in [0.717, 1.165) is 0 Å². The van der Waals surface area contributed by atoms with Gasteiger partial charge in [0.2, 0.25) is 0 Å². The maximum atomic E-state index is 13.6. The monoisotopic (exact) mass is 392 g/mol. The molecule has 0 aliphatic rings. The van der Waals surface area contributed by atoms with E-state index in [2.05, 4.69) is 0 Å². The molecule has 6 nitrogen and oxygen atoms in total. The van der Waals surface area contributed by atoms with E-state index in [1.165, 1.54) is 0 Å². The molecule has 0 atom stereocenters. The third kappa shape index (κ3) is 6.26. The Hall–Kier alpha value is -2.20. The van der Waals surface area contributed by atoms with Crippen molar-refractivity contribution < 1.29 is 28.3 Å². The Morgan fingerprint density at radius 2 is 0.885 bits per heavy atom. The molecule has 3 rings (SSSR count). The van der Waals surface area contributed by atoms with Crippen molar-refractivity contribution in [2.45, 2.75) is 0 Å². The van der Waals surface area contributed by atoms with E-state index in [1.54, 1.807) is 0 Å². The lowest BCUT2D eigenvalue weighted by Crippen LogP contribution is -2.19. The van der Waals surface area contributed by atoms with Crippen molar-refractivity contribution in [1.82, 2.24) is 0 Å². The van der Waals surface area contributed by atoms with Gasteiger partial charge in [-0.15, -0.1) is 0 Å². The number of phosphoric acid groups is 1. The van der Waals surface area contributed by atoms with Gasteiger partial charge in [-0.2, -0.15) is 0 Å². The first-order chi connectivity index (χ1) is 12.3. The summed E-state index contributed by atoms with van der Waals surface area (Å²) in [5.41, 5.74) is 0. The van der Waals surface area contributed by atoms with Gasteiger partial charge in [-0.3, -0.25) is 4.57 Å². The second kappa shape index (κ2) is 8.95. The van der Waals surface area contributed by atoms with Crippen LogP contribution in [0.3, 0.4) is 0 Å². The molecule has 3 N–H and O–H groups in total. The topological polar surface area (TPSA) is 104 Å². The summed E-state index contributed by atoms with van der Waals surface area (Å²) < 4.78 is 28.4. The van der Waals surface area contributed by atoms with Gasteiger partial charge in [0.05, 0.1) is 10.6 Å². The lowest BCUT2D eigenvalue weighted by molar-refractivity contribution is 0.275. The molecular formula is C18H18O6P2. The summed E-state index contributed by atoms with van der Waals surface area (Å²) in [5, 5.41) is 1.39. The van der Waals surface area contributed by atoms with Crippen LogP contribution < -0.4 is 15.1 Å². The minimum absolute atomic E-state index is 0.605. The van der Waals surface area contributed by atoms with Crippen LogP contribution in [0.25, 0.3) is 0 Å². The van der Waals surface area contributed by atoms with Crippen LogP contribution in [0.5, 0.6) is 5.75 Å². The Balaban J connectivity index is 0.000000431. The van der Waals surface area contributed by atoms with Gasteiger partial charge in [-0.05, 0) is 36.4 Å². The van der Waals surface area contributed by atoms with Gasteiger partial charge in [-0.25, -0.2) is 4.57 Å². The van der Waals surface area contributed by atoms with Gasteiger partial charge in [0.25, 0.3) is 0 Å². The summed E-state index contributed by atoms with van der Waals surface area (Å²) in [7, 11) is -7.78. The summed E-state index contributed by atoms with van der Waals surface area (Å²) in [6.07, 6.45) is 0. The van der Waals surface area contributed by atoms with Crippen molar-refractivity contribution >= 4 is 25.8 Å². The zero-order chi connectivity index (χ0) is 19.0. The Kier molecular flexibility index (Phi) is 6.92. The van der Waals surface area contributed by atoms with Crippen LogP contribution in [-0.2, 0) is 9.13 Å². The van der Waals surface area contributed by atoms with E-state index >= 15 is 0 Å². The molecule has 136 valence electrons. The second-order valence-corrected chi connectivity index (χ2v) is 8.49. The molecule has 0 saturated carbocycles. The quantitative estimate of drug-likeness (QED) is 0.590. The van der Waals surface area contributed by atoms with Crippen LogP contribution in [0, 0.1) is 0 Å². The standard InChI is InChI=1S/C18H15O2P.H3O4P/c19-21(17-12-6-2-7-13-17,18-14-8-3-9-15-18)20-16-10-4-1-5-11-16;1-5(2,3)4/h1-15H;(H3,1,2,3,4). The zero-order valence-electron chi connectivity index (χ0n) is 13.6. The highest BCUT2D eigenvalue weighted by atomic mass is 31.2. The first-order valence-corrected chi connectivity index (χ1v) is 10.7. The van der Waals surface area contributed by atoms with Crippen molar-refractivity contribution in [3.8, 4) is 5.75 Å². The van der Waals surface area contributed by atoms with Crippen molar-refractivity contribution in [3.05, 3.63) is 91.0 Å². The highest BCUT2D eigenvalue weighted by Gasteiger charge is 2.29. The van der Waals surface area contributed by atoms with Crippen LogP contribution in [0.15, 0.2) is 91.0 Å². The molecule has 0 unspecified atom stereocenters. The van der Waals surface area contributed by atoms with Crippen molar-refractivity contribution in [2.24, 2.45) is 0 Å². The molecule has 0 radical (unpaired) electrons. The lowest BCUT2D eigenvalue weighted by Gasteiger charge is -2.20. The fourth-order valence-corrected chi connectivity index (χ4v) is 4.19. The highest BCUT2D eigenvalue weighted by molar-refractivity contribution is 7.74. The van der Waals surface area contributed by atoms with Gasteiger partial charge >= 0.3 is 15.2 Å². The molecule has 0 aliphatic carbocycles. The molecule has 8 heteroatoms. The molecular weight excluding hydrogens is 374 g/mol. The molecule has 0 saturated heterocycles. The van der Waals surface area contributed by atoms with Crippen LogP contribution in [0.4, 0.5) is 0 Å². The maximum Gasteiger partial charge on any atom is 0.466 e. The van der Waals surface area contributed by atoms with Crippen molar-refractivity contribution in [2.75, 3.05) is 0 Å². The molecule has 0 fully saturated rings. The van der Waals surface area contributed by atoms with E-state index in [1.807, 2.05) is 91.0 Å². The number of benzene rings is 3. The van der Waals surface area contributed by atoms with Gasteiger partial charge in [-0.1, -0.05) is 54.6 Å². The van der Waals surface area contributed by atoms with E-state index in [4.69, 9.17) is 23.8 Å². The van der Waals surface area contributed by atoms with E-state index in [-0.39, 0.29) is 0 Å². The predicted octanol–water partition coefficient (Wildman–Crippen LogP) is 3.07. The van der Waals surface area contributed by atoms with Crippen molar-refractivity contribution in [3.63, 3.8) is 0 Å². The van der Waals surface area contributed by atoms with Gasteiger partial charge in [0, 0.05) is 0 Å². The number of hydrogen-bond donors (Lipinski definition) is 3. The third-order valence-electron chi connectivity index (χ3n) is 3.17. The summed E-state index contributed by atoms with van der Waals surface area (Å²) in [6, 6.07) is 28.0. The van der Waals surface area contributed by atoms with Gasteiger partial charge < -0.3 is 19.2 Å². The minimum Gasteiger partial charge on any atom is -0.437 e. The first-order valence-electron chi connectivity index (χ1n) is 7.53. The number of para-hydroxylation sites is 1. The van der Waals surface area contributed by atoms with Crippen LogP contribution in [0.2, 0.25) is 0 Å². The average Bonchev–Trinajstić information content (AvgIpc) is 2.63. The number of rotatable bonds is 4. The van der Waals surface area contributed by atoms with E-state index < -0.39 is 15.2 Å². The number of hydrogen-bond acceptors (Lipinski definition) is 3. The average molecular weight is 392 g/mol. The largest absolute Gasteiger partial charge is 0.466 e. The van der Waals surface area contributed by atoms with Crippen LogP contribution in [-0.4, -0.2) is 14.7 Å². The molecule has 0 amide bonds. The molecule has 26 heavy (non-hydrogen) atoms. The van der Waals surface area contributed by atoms with Gasteiger partial charge in [0.15, 0.2) is 0 Å². The molecule has 0 heterocycles. The lowest BCUT2D eigenvalue weighted by atomic mass is 10.3. The molecule has 0 spiro atoms. The second-order valence-electron chi connectivity index (χ2n) is 5.14. The third-order valence-corrected chi connectivity index (χ3v) is 5.59. The Morgan fingerprint density at radius 1 is 0.577 bits per heavy atom. The predicted molar refractivity (Wildman–Crippen MR) is 101 cm³/mol. The van der Waals surface area contributed by atoms with Crippen molar-refractivity contribution in [1.29, 1.82) is 0 Å². The summed E-state index contributed by atoms with van der Waals surface area (Å²) in [6.45, 7) is 0. The fraction of sp³-hybridized carbons (Fsp3) is 0. The minimum atomic E-state index is -4.64. The molecule has 3 aromatic rings. The SMILES string of the molecule is O=P(O)(O)O.O=P(Oc1ccccc1)(c1ccccc1)c1ccccc1. The maximum absolute atomic E-state index is 13.6. The normalized spacial score (nSPS) is 11.2.